The number of aryl methyl sites for hydroxylation is 1. The molecular formula is C15H21NO3. The number of hydrogen-bond acceptors (Lipinski definition) is 3. The van der Waals surface area contributed by atoms with E-state index in [1.54, 1.807) is 27.2 Å². The molecule has 0 spiro atoms. The third-order valence-electron chi connectivity index (χ3n) is 3.06. The zero-order chi connectivity index (χ0) is 14.4. The maximum absolute atomic E-state index is 11.9. The summed E-state index contributed by atoms with van der Waals surface area (Å²) < 4.78 is 5.25. The highest BCUT2D eigenvalue weighted by atomic mass is 16.5. The number of likely N-dealkylation sites (N-methyl/N-ethyl adjacent to an activating group) is 1. The molecule has 0 saturated heterocycles. The van der Waals surface area contributed by atoms with Gasteiger partial charge in [-0.2, -0.15) is 0 Å². The molecule has 1 rings (SSSR count). The Bertz CT molecular complexity index is 468. The van der Waals surface area contributed by atoms with Crippen LogP contribution >= 0.6 is 0 Å². The van der Waals surface area contributed by atoms with E-state index in [4.69, 9.17) is 9.84 Å². The fourth-order valence-electron chi connectivity index (χ4n) is 1.60. The number of rotatable bonds is 5. The van der Waals surface area contributed by atoms with Crippen LogP contribution in [0.4, 0.5) is 0 Å². The van der Waals surface area contributed by atoms with Gasteiger partial charge in [0, 0.05) is 18.7 Å². The van der Waals surface area contributed by atoms with Gasteiger partial charge in [0.25, 0.3) is 0 Å². The van der Waals surface area contributed by atoms with Crippen molar-refractivity contribution in [1.29, 1.82) is 0 Å². The minimum Gasteiger partial charge on any atom is -0.496 e. The van der Waals surface area contributed by atoms with Crippen molar-refractivity contribution in [2.45, 2.75) is 19.9 Å². The van der Waals surface area contributed by atoms with Crippen molar-refractivity contribution in [2.24, 2.45) is 0 Å². The molecule has 0 aliphatic heterocycles. The standard InChI is InChI=1S/C15H21NO3/c1-11-5-7-14(19-4)13(9-11)6-8-15(18)16(3)12(2)10-17/h5-9,12,17H,10H2,1-4H3/b8-6+. The summed E-state index contributed by atoms with van der Waals surface area (Å²) in [5.74, 6) is 0.581. The maximum atomic E-state index is 11.9. The van der Waals surface area contributed by atoms with Gasteiger partial charge in [-0.25, -0.2) is 0 Å². The number of benzene rings is 1. The second-order valence-electron chi connectivity index (χ2n) is 4.56. The Labute approximate surface area is 114 Å². The highest BCUT2D eigenvalue weighted by molar-refractivity contribution is 5.92. The Morgan fingerprint density at radius 3 is 2.79 bits per heavy atom. The Kier molecular flexibility index (Phi) is 5.57. The van der Waals surface area contributed by atoms with E-state index in [-0.39, 0.29) is 18.6 Å². The first-order valence-corrected chi connectivity index (χ1v) is 6.20. The van der Waals surface area contributed by atoms with E-state index in [0.717, 1.165) is 16.9 Å². The molecule has 0 bridgehead atoms. The van der Waals surface area contributed by atoms with E-state index >= 15 is 0 Å². The van der Waals surface area contributed by atoms with Crippen LogP contribution in [0, 0.1) is 6.92 Å². The maximum Gasteiger partial charge on any atom is 0.246 e. The van der Waals surface area contributed by atoms with Gasteiger partial charge in [0.2, 0.25) is 5.91 Å². The van der Waals surface area contributed by atoms with Crippen molar-refractivity contribution in [3.05, 3.63) is 35.4 Å². The summed E-state index contributed by atoms with van der Waals surface area (Å²) in [4.78, 5) is 13.4. The molecule has 1 unspecified atom stereocenters. The molecule has 0 aliphatic rings. The fraction of sp³-hybridized carbons (Fsp3) is 0.400. The summed E-state index contributed by atoms with van der Waals surface area (Å²) in [6.45, 7) is 3.72. The van der Waals surface area contributed by atoms with Gasteiger partial charge in [-0.15, -0.1) is 0 Å². The van der Waals surface area contributed by atoms with Gasteiger partial charge in [0.05, 0.1) is 19.8 Å². The van der Waals surface area contributed by atoms with Crippen LogP contribution < -0.4 is 4.74 Å². The van der Waals surface area contributed by atoms with Crippen LogP contribution in [0.1, 0.15) is 18.1 Å². The summed E-state index contributed by atoms with van der Waals surface area (Å²) in [5.41, 5.74) is 1.96. The third kappa shape index (κ3) is 4.10. The lowest BCUT2D eigenvalue weighted by Crippen LogP contribution is -2.36. The molecule has 1 aromatic carbocycles. The quantitative estimate of drug-likeness (QED) is 0.825. The van der Waals surface area contributed by atoms with Crippen molar-refractivity contribution in [2.75, 3.05) is 20.8 Å². The number of aliphatic hydroxyl groups is 1. The number of amides is 1. The predicted octanol–water partition coefficient (Wildman–Crippen LogP) is 1.86. The van der Waals surface area contributed by atoms with Crippen LogP contribution in [0.2, 0.25) is 0 Å². The predicted molar refractivity (Wildman–Crippen MR) is 76.1 cm³/mol. The average Bonchev–Trinajstić information content (AvgIpc) is 2.43. The largest absolute Gasteiger partial charge is 0.496 e. The molecule has 1 amide bonds. The van der Waals surface area contributed by atoms with Crippen molar-refractivity contribution < 1.29 is 14.6 Å². The summed E-state index contributed by atoms with van der Waals surface area (Å²) >= 11 is 0. The minimum absolute atomic E-state index is 0.0517. The number of methoxy groups -OCH3 is 1. The molecule has 4 heteroatoms. The highest BCUT2D eigenvalue weighted by Gasteiger charge is 2.12. The van der Waals surface area contributed by atoms with Crippen molar-refractivity contribution in [3.8, 4) is 5.75 Å². The van der Waals surface area contributed by atoms with Gasteiger partial charge in [0.15, 0.2) is 0 Å². The molecule has 0 fully saturated rings. The van der Waals surface area contributed by atoms with Gasteiger partial charge >= 0.3 is 0 Å². The van der Waals surface area contributed by atoms with Crippen LogP contribution in [0.25, 0.3) is 6.08 Å². The van der Waals surface area contributed by atoms with E-state index in [1.807, 2.05) is 25.1 Å². The lowest BCUT2D eigenvalue weighted by Gasteiger charge is -2.21. The zero-order valence-electron chi connectivity index (χ0n) is 11.9. The molecule has 0 aliphatic carbocycles. The Balaban J connectivity index is 2.87. The molecule has 19 heavy (non-hydrogen) atoms. The van der Waals surface area contributed by atoms with Gasteiger partial charge in [0.1, 0.15) is 5.75 Å². The van der Waals surface area contributed by atoms with Crippen LogP contribution in [0.3, 0.4) is 0 Å². The molecule has 104 valence electrons. The number of nitrogens with zero attached hydrogens (tertiary/aromatic N) is 1. The van der Waals surface area contributed by atoms with E-state index < -0.39 is 0 Å². The summed E-state index contributed by atoms with van der Waals surface area (Å²) in [5, 5.41) is 9.02. The lowest BCUT2D eigenvalue weighted by atomic mass is 10.1. The molecule has 0 heterocycles. The Hall–Kier alpha value is -1.81. The number of aliphatic hydroxyl groups excluding tert-OH is 1. The molecule has 1 N–H and O–H groups in total. The fourth-order valence-corrected chi connectivity index (χ4v) is 1.60. The third-order valence-corrected chi connectivity index (χ3v) is 3.06. The van der Waals surface area contributed by atoms with E-state index in [9.17, 15) is 4.79 Å². The minimum atomic E-state index is -0.198. The van der Waals surface area contributed by atoms with E-state index in [2.05, 4.69) is 0 Å². The second-order valence-corrected chi connectivity index (χ2v) is 4.56. The number of ether oxygens (including phenoxy) is 1. The van der Waals surface area contributed by atoms with Crippen molar-refractivity contribution in [3.63, 3.8) is 0 Å². The first-order chi connectivity index (χ1) is 8.99. The highest BCUT2D eigenvalue weighted by Crippen LogP contribution is 2.21. The molecule has 1 atom stereocenters. The summed E-state index contributed by atoms with van der Waals surface area (Å²) in [7, 11) is 3.27. The number of carbonyl (C=O) groups is 1. The smallest absolute Gasteiger partial charge is 0.246 e. The Morgan fingerprint density at radius 1 is 1.53 bits per heavy atom. The topological polar surface area (TPSA) is 49.8 Å². The molecule has 0 aromatic heterocycles. The molecule has 4 nitrogen and oxygen atoms in total. The van der Waals surface area contributed by atoms with Gasteiger partial charge in [-0.05, 0) is 32.1 Å². The Morgan fingerprint density at radius 2 is 2.21 bits per heavy atom. The normalized spacial score (nSPS) is 12.5. The first kappa shape index (κ1) is 15.2. The van der Waals surface area contributed by atoms with Crippen molar-refractivity contribution in [1.82, 2.24) is 4.90 Å². The van der Waals surface area contributed by atoms with Crippen LogP contribution in [-0.4, -0.2) is 42.7 Å². The van der Waals surface area contributed by atoms with Gasteiger partial charge in [-0.1, -0.05) is 11.6 Å². The number of hydrogen-bond donors (Lipinski definition) is 1. The molecule has 1 aromatic rings. The van der Waals surface area contributed by atoms with Gasteiger partial charge in [-0.3, -0.25) is 4.79 Å². The zero-order valence-corrected chi connectivity index (χ0v) is 11.9. The van der Waals surface area contributed by atoms with Crippen LogP contribution in [0.5, 0.6) is 5.75 Å². The first-order valence-electron chi connectivity index (χ1n) is 6.20. The van der Waals surface area contributed by atoms with E-state index in [1.165, 1.54) is 11.0 Å². The molecule has 0 radical (unpaired) electrons. The van der Waals surface area contributed by atoms with Crippen LogP contribution in [-0.2, 0) is 4.79 Å². The summed E-state index contributed by atoms with van der Waals surface area (Å²) in [6, 6.07) is 5.59. The SMILES string of the molecule is COc1ccc(C)cc1/C=C/C(=O)N(C)C(C)CO. The molecule has 0 saturated carbocycles. The molecular weight excluding hydrogens is 242 g/mol. The number of carbonyl (C=O) groups excluding carboxylic acids is 1. The second kappa shape index (κ2) is 6.95. The lowest BCUT2D eigenvalue weighted by molar-refractivity contribution is -0.127. The monoisotopic (exact) mass is 263 g/mol. The summed E-state index contributed by atoms with van der Waals surface area (Å²) in [6.07, 6.45) is 3.22. The van der Waals surface area contributed by atoms with E-state index in [0.29, 0.717) is 0 Å². The van der Waals surface area contributed by atoms with Crippen LogP contribution in [0.15, 0.2) is 24.3 Å². The van der Waals surface area contributed by atoms with Gasteiger partial charge < -0.3 is 14.7 Å². The van der Waals surface area contributed by atoms with Crippen molar-refractivity contribution >= 4 is 12.0 Å². The average molecular weight is 263 g/mol.